The number of benzene rings is 2. The number of carbonyl (C=O) groups is 1. The maximum Gasteiger partial charge on any atom is 0.369 e. The number of hydrazone groups is 1. The lowest BCUT2D eigenvalue weighted by atomic mass is 9.93. The Morgan fingerprint density at radius 3 is 2.74 bits per heavy atom. The van der Waals surface area contributed by atoms with Crippen molar-refractivity contribution in [3.05, 3.63) is 67.7 Å². The van der Waals surface area contributed by atoms with Gasteiger partial charge in [0.15, 0.2) is 11.5 Å². The number of nitrogens with zero attached hydrogens (tertiary/aromatic N) is 5. The van der Waals surface area contributed by atoms with E-state index in [4.69, 9.17) is 19.3 Å². The molecule has 2 aliphatic rings. The first-order chi connectivity index (χ1) is 16.9. The monoisotopic (exact) mass is 495 g/mol. The highest BCUT2D eigenvalue weighted by molar-refractivity contribution is 7.17. The maximum atomic E-state index is 12.1. The molecule has 0 unspecified atom stereocenters. The Bertz CT molecular complexity index is 1370. The van der Waals surface area contributed by atoms with Gasteiger partial charge in [-0.15, -0.1) is 10.2 Å². The summed E-state index contributed by atoms with van der Waals surface area (Å²) in [6.07, 6.45) is 0.596. The van der Waals surface area contributed by atoms with E-state index in [2.05, 4.69) is 10.2 Å². The molecule has 2 aromatic carbocycles. The van der Waals surface area contributed by atoms with E-state index in [1.165, 1.54) is 6.07 Å². The van der Waals surface area contributed by atoms with Crippen LogP contribution in [0.5, 0.6) is 11.5 Å². The van der Waals surface area contributed by atoms with Crippen LogP contribution < -0.4 is 14.5 Å². The highest BCUT2D eigenvalue weighted by Gasteiger charge is 2.30. The number of esters is 1. The lowest BCUT2D eigenvalue weighted by Gasteiger charge is -2.21. The number of anilines is 1. The van der Waals surface area contributed by atoms with Gasteiger partial charge in [-0.1, -0.05) is 11.3 Å². The van der Waals surface area contributed by atoms with Gasteiger partial charge in [-0.05, 0) is 57.0 Å². The normalized spacial score (nSPS) is 16.4. The van der Waals surface area contributed by atoms with E-state index in [-0.39, 0.29) is 30.1 Å². The van der Waals surface area contributed by atoms with Gasteiger partial charge in [0.25, 0.3) is 5.69 Å². The third kappa shape index (κ3) is 4.16. The molecule has 0 radical (unpaired) electrons. The van der Waals surface area contributed by atoms with Crippen molar-refractivity contribution in [3.63, 3.8) is 0 Å². The molecule has 0 amide bonds. The van der Waals surface area contributed by atoms with Gasteiger partial charge in [-0.25, -0.2) is 9.80 Å². The fourth-order valence-corrected chi connectivity index (χ4v) is 4.87. The molecule has 0 saturated heterocycles. The largest absolute Gasteiger partial charge is 0.461 e. The van der Waals surface area contributed by atoms with Crippen LogP contribution in [0.15, 0.2) is 35.4 Å². The van der Waals surface area contributed by atoms with Crippen LogP contribution in [0.1, 0.15) is 45.9 Å². The van der Waals surface area contributed by atoms with E-state index in [9.17, 15) is 14.9 Å². The molecule has 0 bridgehead atoms. The molecule has 2 aliphatic heterocycles. The summed E-state index contributed by atoms with van der Waals surface area (Å²) in [5, 5.41) is 26.8. The van der Waals surface area contributed by atoms with Crippen molar-refractivity contribution in [1.82, 2.24) is 10.2 Å². The van der Waals surface area contributed by atoms with Gasteiger partial charge in [-0.2, -0.15) is 5.10 Å². The summed E-state index contributed by atoms with van der Waals surface area (Å²) in [5.74, 6) is 0.726. The molecular formula is C23H21N5O6S. The molecule has 35 heavy (non-hydrogen) atoms. The predicted molar refractivity (Wildman–Crippen MR) is 128 cm³/mol. The van der Waals surface area contributed by atoms with Gasteiger partial charge in [0.2, 0.25) is 16.9 Å². The summed E-state index contributed by atoms with van der Waals surface area (Å²) in [6, 6.07) is 8.57. The predicted octanol–water partition coefficient (Wildman–Crippen LogP) is 3.86. The second-order valence-corrected chi connectivity index (χ2v) is 9.03. The minimum absolute atomic E-state index is 0.0299. The molecule has 1 atom stereocenters. The smallest absolute Gasteiger partial charge is 0.369 e. The van der Waals surface area contributed by atoms with E-state index in [1.807, 2.05) is 19.1 Å². The topological polar surface area (TPSA) is 129 Å². The van der Waals surface area contributed by atoms with Crippen LogP contribution in [-0.2, 0) is 11.2 Å². The zero-order valence-electron chi connectivity index (χ0n) is 19.2. The molecule has 180 valence electrons. The summed E-state index contributed by atoms with van der Waals surface area (Å²) in [5.41, 5.74) is 3.64. The number of aromatic nitrogens is 2. The summed E-state index contributed by atoms with van der Waals surface area (Å²) in [6.45, 7) is 5.79. The molecule has 11 nitrogen and oxygen atoms in total. The number of nitro benzene ring substituents is 1. The van der Waals surface area contributed by atoms with Gasteiger partial charge in [0, 0.05) is 22.8 Å². The lowest BCUT2D eigenvalue weighted by Crippen LogP contribution is -2.29. The molecule has 3 aromatic rings. The van der Waals surface area contributed by atoms with Crippen LogP contribution in [0.4, 0.5) is 10.8 Å². The summed E-state index contributed by atoms with van der Waals surface area (Å²) >= 11 is 1.09. The number of ether oxygens (including phenoxy) is 3. The quantitative estimate of drug-likeness (QED) is 0.294. The van der Waals surface area contributed by atoms with Crippen LogP contribution in [-0.4, -0.2) is 46.2 Å². The molecule has 0 saturated carbocycles. The highest BCUT2D eigenvalue weighted by atomic mass is 32.1. The number of nitro groups is 1. The Labute approximate surface area is 204 Å². The van der Waals surface area contributed by atoms with E-state index in [0.717, 1.165) is 22.5 Å². The second kappa shape index (κ2) is 8.95. The zero-order valence-corrected chi connectivity index (χ0v) is 20.0. The van der Waals surface area contributed by atoms with Gasteiger partial charge in [0.05, 0.1) is 23.3 Å². The van der Waals surface area contributed by atoms with E-state index in [0.29, 0.717) is 39.9 Å². The summed E-state index contributed by atoms with van der Waals surface area (Å²) < 4.78 is 16.2. The third-order valence-electron chi connectivity index (χ3n) is 5.72. The van der Waals surface area contributed by atoms with Gasteiger partial charge in [0.1, 0.15) is 0 Å². The van der Waals surface area contributed by atoms with Crippen molar-refractivity contribution >= 4 is 33.8 Å². The Morgan fingerprint density at radius 1 is 1.26 bits per heavy atom. The molecule has 5 rings (SSSR count). The first kappa shape index (κ1) is 22.7. The number of rotatable bonds is 5. The fraction of sp³-hybridized carbons (Fsp3) is 0.304. The highest BCUT2D eigenvalue weighted by Crippen LogP contribution is 2.39. The number of aryl methyl sites for hydroxylation is 1. The van der Waals surface area contributed by atoms with Crippen molar-refractivity contribution in [2.75, 3.05) is 18.4 Å². The van der Waals surface area contributed by atoms with Gasteiger partial charge < -0.3 is 14.2 Å². The van der Waals surface area contributed by atoms with Crippen molar-refractivity contribution in [2.45, 2.75) is 33.2 Å². The van der Waals surface area contributed by atoms with Crippen molar-refractivity contribution in [1.29, 1.82) is 0 Å². The molecule has 0 aliphatic carbocycles. The maximum absolute atomic E-state index is 12.1. The molecular weight excluding hydrogens is 474 g/mol. The fourth-order valence-electron chi connectivity index (χ4n) is 4.07. The molecule has 3 heterocycles. The van der Waals surface area contributed by atoms with Crippen LogP contribution in [0.3, 0.4) is 0 Å². The minimum Gasteiger partial charge on any atom is -0.461 e. The third-order valence-corrected chi connectivity index (χ3v) is 6.61. The van der Waals surface area contributed by atoms with Crippen molar-refractivity contribution in [3.8, 4) is 11.5 Å². The number of hydrogen-bond acceptors (Lipinski definition) is 11. The van der Waals surface area contributed by atoms with Gasteiger partial charge in [-0.3, -0.25) is 10.1 Å². The number of fused-ring (bicyclic) bond motifs is 2. The van der Waals surface area contributed by atoms with Crippen LogP contribution in [0.2, 0.25) is 0 Å². The average Bonchev–Trinajstić information content (AvgIpc) is 3.46. The minimum atomic E-state index is -0.539. The molecule has 0 N–H and O–H groups in total. The Hall–Kier alpha value is -4.06. The summed E-state index contributed by atoms with van der Waals surface area (Å²) in [4.78, 5) is 23.1. The van der Waals surface area contributed by atoms with Crippen LogP contribution in [0, 0.1) is 17.0 Å². The van der Waals surface area contributed by atoms with E-state index in [1.54, 1.807) is 31.0 Å². The summed E-state index contributed by atoms with van der Waals surface area (Å²) in [7, 11) is 0. The first-order valence-electron chi connectivity index (χ1n) is 10.9. The van der Waals surface area contributed by atoms with E-state index >= 15 is 0 Å². The molecule has 12 heteroatoms. The SMILES string of the molecule is CCOC(=O)c1nnc(N2N=C(c3ccc([N+](=O)[O-])c(C)c3)c3cc4c(cc3C[C@H]2C)OCO4)s1. The standard InChI is InChI=1S/C23H21N5O6S/c1-4-32-22(29)21-24-25-23(35-21)27-13(3)8-15-9-18-19(34-11-33-18)10-16(15)20(26-27)14-5-6-17(28(30)31)12(2)7-14/h5-7,9-10,13H,4,8,11H2,1-3H3/t13-/m1/s1. The van der Waals surface area contributed by atoms with Crippen LogP contribution >= 0.6 is 11.3 Å². The Kier molecular flexibility index (Phi) is 5.81. The number of hydrogen-bond donors (Lipinski definition) is 0. The van der Waals surface area contributed by atoms with Crippen molar-refractivity contribution < 1.29 is 23.9 Å². The lowest BCUT2D eigenvalue weighted by molar-refractivity contribution is -0.385. The molecule has 0 spiro atoms. The molecule has 1 aromatic heterocycles. The molecule has 0 fully saturated rings. The Balaban J connectivity index is 1.65. The van der Waals surface area contributed by atoms with Crippen LogP contribution in [0.25, 0.3) is 0 Å². The average molecular weight is 496 g/mol. The van der Waals surface area contributed by atoms with Gasteiger partial charge >= 0.3 is 5.97 Å². The second-order valence-electron chi connectivity index (χ2n) is 8.08. The number of carbonyl (C=O) groups excluding carboxylic acids is 1. The van der Waals surface area contributed by atoms with E-state index < -0.39 is 10.9 Å². The van der Waals surface area contributed by atoms with Crippen molar-refractivity contribution in [2.24, 2.45) is 5.10 Å². The Morgan fingerprint density at radius 2 is 2.03 bits per heavy atom. The zero-order chi connectivity index (χ0) is 24.7. The first-order valence-corrected chi connectivity index (χ1v) is 11.7.